The van der Waals surface area contributed by atoms with Gasteiger partial charge in [0.05, 0.1) is 0 Å². The van der Waals surface area contributed by atoms with Crippen molar-refractivity contribution >= 4 is 5.91 Å². The molecule has 1 heterocycles. The molecular formula is C15H22N2O. The molecule has 1 aliphatic rings. The first-order chi connectivity index (χ1) is 8.61. The quantitative estimate of drug-likeness (QED) is 0.883. The predicted octanol–water partition coefficient (Wildman–Crippen LogP) is 2.19. The molecule has 0 spiro atoms. The molecule has 1 aliphatic heterocycles. The van der Waals surface area contributed by atoms with Crippen LogP contribution in [0.5, 0.6) is 0 Å². The molecule has 1 fully saturated rings. The standard InChI is InChI=1S/C15H22N2O/c1-11-6-7-13(9-12(11)2)14(16-3)10-17-8-4-5-15(17)18/h6-7,9,14,16H,4-5,8,10H2,1-3H3. The van der Waals surface area contributed by atoms with Crippen LogP contribution in [0.2, 0.25) is 0 Å². The van der Waals surface area contributed by atoms with Crippen LogP contribution in [0.25, 0.3) is 0 Å². The highest BCUT2D eigenvalue weighted by Gasteiger charge is 2.23. The molecule has 0 aliphatic carbocycles. The molecule has 1 unspecified atom stereocenters. The fraction of sp³-hybridized carbons (Fsp3) is 0.533. The number of likely N-dealkylation sites (N-methyl/N-ethyl adjacent to an activating group) is 1. The predicted molar refractivity (Wildman–Crippen MR) is 73.5 cm³/mol. The number of benzene rings is 1. The summed E-state index contributed by atoms with van der Waals surface area (Å²) in [6.45, 7) is 5.93. The van der Waals surface area contributed by atoms with Gasteiger partial charge in [-0.25, -0.2) is 0 Å². The maximum absolute atomic E-state index is 11.7. The lowest BCUT2D eigenvalue weighted by Crippen LogP contribution is -2.34. The van der Waals surface area contributed by atoms with Crippen LogP contribution < -0.4 is 5.32 Å². The van der Waals surface area contributed by atoms with Crippen molar-refractivity contribution in [3.8, 4) is 0 Å². The number of likely N-dealkylation sites (tertiary alicyclic amines) is 1. The fourth-order valence-corrected chi connectivity index (χ4v) is 2.46. The molecule has 0 radical (unpaired) electrons. The summed E-state index contributed by atoms with van der Waals surface area (Å²) in [5.74, 6) is 0.291. The van der Waals surface area contributed by atoms with Gasteiger partial charge in [-0.2, -0.15) is 0 Å². The zero-order valence-corrected chi connectivity index (χ0v) is 11.5. The van der Waals surface area contributed by atoms with E-state index >= 15 is 0 Å². The van der Waals surface area contributed by atoms with Gasteiger partial charge in [-0.15, -0.1) is 0 Å². The first-order valence-electron chi connectivity index (χ1n) is 6.64. The summed E-state index contributed by atoms with van der Waals surface area (Å²) in [6.07, 6.45) is 1.71. The number of hydrogen-bond donors (Lipinski definition) is 1. The van der Waals surface area contributed by atoms with Gasteiger partial charge in [0.1, 0.15) is 0 Å². The Labute approximate surface area is 109 Å². The number of nitrogens with one attached hydrogen (secondary N) is 1. The number of aryl methyl sites for hydroxylation is 2. The molecule has 98 valence electrons. The maximum atomic E-state index is 11.7. The van der Waals surface area contributed by atoms with Crippen LogP contribution in [-0.4, -0.2) is 30.9 Å². The van der Waals surface area contributed by atoms with Gasteiger partial charge in [0, 0.05) is 25.6 Å². The normalized spacial score (nSPS) is 17.3. The molecule has 3 heteroatoms. The molecule has 0 aromatic heterocycles. The Morgan fingerprint density at radius 2 is 2.11 bits per heavy atom. The van der Waals surface area contributed by atoms with E-state index in [1.54, 1.807) is 0 Å². The summed E-state index contributed by atoms with van der Waals surface area (Å²) in [4.78, 5) is 13.6. The van der Waals surface area contributed by atoms with Crippen molar-refractivity contribution in [1.82, 2.24) is 10.2 Å². The summed E-state index contributed by atoms with van der Waals surface area (Å²) in [6, 6.07) is 6.76. The number of hydrogen-bond acceptors (Lipinski definition) is 2. The monoisotopic (exact) mass is 246 g/mol. The van der Waals surface area contributed by atoms with E-state index < -0.39 is 0 Å². The van der Waals surface area contributed by atoms with Crippen LogP contribution in [0.15, 0.2) is 18.2 Å². The average Bonchev–Trinajstić information content (AvgIpc) is 2.75. The van der Waals surface area contributed by atoms with E-state index in [0.717, 1.165) is 19.5 Å². The molecule has 1 atom stereocenters. The summed E-state index contributed by atoms with van der Waals surface area (Å²) < 4.78 is 0. The van der Waals surface area contributed by atoms with E-state index in [0.29, 0.717) is 12.3 Å². The van der Waals surface area contributed by atoms with E-state index in [2.05, 4.69) is 37.4 Å². The van der Waals surface area contributed by atoms with E-state index in [1.165, 1.54) is 16.7 Å². The number of carbonyl (C=O) groups excluding carboxylic acids is 1. The Hall–Kier alpha value is -1.35. The molecule has 1 amide bonds. The lowest BCUT2D eigenvalue weighted by molar-refractivity contribution is -0.128. The Kier molecular flexibility index (Phi) is 4.02. The van der Waals surface area contributed by atoms with Crippen molar-refractivity contribution in [2.45, 2.75) is 32.7 Å². The molecule has 2 rings (SSSR count). The van der Waals surface area contributed by atoms with Gasteiger partial charge in [0.15, 0.2) is 0 Å². The Bertz CT molecular complexity index is 442. The van der Waals surface area contributed by atoms with E-state index in [9.17, 15) is 4.79 Å². The van der Waals surface area contributed by atoms with Crippen molar-refractivity contribution in [3.63, 3.8) is 0 Å². The molecule has 1 aromatic rings. The lowest BCUT2D eigenvalue weighted by atomic mass is 10.0. The minimum absolute atomic E-state index is 0.228. The number of amides is 1. The lowest BCUT2D eigenvalue weighted by Gasteiger charge is -2.24. The smallest absolute Gasteiger partial charge is 0.222 e. The van der Waals surface area contributed by atoms with Crippen LogP contribution >= 0.6 is 0 Å². The second-order valence-corrected chi connectivity index (χ2v) is 5.13. The van der Waals surface area contributed by atoms with Gasteiger partial charge in [0.2, 0.25) is 5.91 Å². The Morgan fingerprint density at radius 1 is 1.33 bits per heavy atom. The molecule has 1 saturated heterocycles. The minimum Gasteiger partial charge on any atom is -0.341 e. The minimum atomic E-state index is 0.228. The summed E-state index contributed by atoms with van der Waals surface area (Å²) in [7, 11) is 1.96. The Balaban J connectivity index is 2.12. The van der Waals surface area contributed by atoms with E-state index in [-0.39, 0.29) is 6.04 Å². The van der Waals surface area contributed by atoms with Gasteiger partial charge >= 0.3 is 0 Å². The van der Waals surface area contributed by atoms with E-state index in [4.69, 9.17) is 0 Å². The Morgan fingerprint density at radius 3 is 2.67 bits per heavy atom. The molecule has 3 nitrogen and oxygen atoms in total. The first-order valence-corrected chi connectivity index (χ1v) is 6.64. The second kappa shape index (κ2) is 5.53. The summed E-state index contributed by atoms with van der Waals surface area (Å²) in [5, 5.41) is 3.32. The van der Waals surface area contributed by atoms with Gasteiger partial charge in [-0.3, -0.25) is 4.79 Å². The summed E-state index contributed by atoms with van der Waals surface area (Å²) >= 11 is 0. The topological polar surface area (TPSA) is 32.3 Å². The highest BCUT2D eigenvalue weighted by Crippen LogP contribution is 2.20. The zero-order valence-electron chi connectivity index (χ0n) is 11.5. The number of carbonyl (C=O) groups is 1. The first kappa shape index (κ1) is 13.1. The SMILES string of the molecule is CNC(CN1CCCC1=O)c1ccc(C)c(C)c1. The van der Waals surface area contributed by atoms with Crippen LogP contribution in [-0.2, 0) is 4.79 Å². The van der Waals surface area contributed by atoms with Crippen molar-refractivity contribution in [2.24, 2.45) is 0 Å². The average molecular weight is 246 g/mol. The number of nitrogens with zero attached hydrogens (tertiary/aromatic N) is 1. The van der Waals surface area contributed by atoms with Gasteiger partial charge in [0.25, 0.3) is 0 Å². The molecule has 1 N–H and O–H groups in total. The fourth-order valence-electron chi connectivity index (χ4n) is 2.46. The highest BCUT2D eigenvalue weighted by atomic mass is 16.2. The molecule has 1 aromatic carbocycles. The molecule has 0 bridgehead atoms. The van der Waals surface area contributed by atoms with Gasteiger partial charge < -0.3 is 10.2 Å². The maximum Gasteiger partial charge on any atom is 0.222 e. The molecule has 18 heavy (non-hydrogen) atoms. The highest BCUT2D eigenvalue weighted by molar-refractivity contribution is 5.78. The van der Waals surface area contributed by atoms with Crippen LogP contribution in [0.4, 0.5) is 0 Å². The molecular weight excluding hydrogens is 224 g/mol. The van der Waals surface area contributed by atoms with Crippen molar-refractivity contribution < 1.29 is 4.79 Å². The zero-order chi connectivity index (χ0) is 13.1. The third-order valence-electron chi connectivity index (χ3n) is 3.86. The van der Waals surface area contributed by atoms with Crippen LogP contribution in [0, 0.1) is 13.8 Å². The third-order valence-corrected chi connectivity index (χ3v) is 3.86. The third kappa shape index (κ3) is 2.72. The van der Waals surface area contributed by atoms with E-state index in [1.807, 2.05) is 11.9 Å². The van der Waals surface area contributed by atoms with Crippen molar-refractivity contribution in [1.29, 1.82) is 0 Å². The second-order valence-electron chi connectivity index (χ2n) is 5.13. The largest absolute Gasteiger partial charge is 0.341 e. The van der Waals surface area contributed by atoms with Gasteiger partial charge in [-0.1, -0.05) is 18.2 Å². The molecule has 0 saturated carbocycles. The van der Waals surface area contributed by atoms with Crippen molar-refractivity contribution in [3.05, 3.63) is 34.9 Å². The van der Waals surface area contributed by atoms with Crippen LogP contribution in [0.3, 0.4) is 0 Å². The van der Waals surface area contributed by atoms with Gasteiger partial charge in [-0.05, 0) is 44.0 Å². The summed E-state index contributed by atoms with van der Waals surface area (Å²) in [5.41, 5.74) is 3.88. The van der Waals surface area contributed by atoms with Crippen LogP contribution in [0.1, 0.15) is 35.6 Å². The number of rotatable bonds is 4. The van der Waals surface area contributed by atoms with Crippen molar-refractivity contribution in [2.75, 3.05) is 20.1 Å².